The molecule has 0 aromatic heterocycles. The molecule has 0 saturated heterocycles. The Balaban J connectivity index is 2.61. The number of carbonyl (C=O) groups excluding carboxylic acids is 1. The van der Waals surface area contributed by atoms with Gasteiger partial charge in [-0.3, -0.25) is 4.79 Å². The number of ether oxygens (including phenoxy) is 1. The van der Waals surface area contributed by atoms with Gasteiger partial charge in [-0.1, -0.05) is 62.9 Å². The van der Waals surface area contributed by atoms with E-state index in [-0.39, 0.29) is 11.9 Å². The summed E-state index contributed by atoms with van der Waals surface area (Å²) in [6.45, 7) is 4.51. The molecule has 0 radical (unpaired) electrons. The summed E-state index contributed by atoms with van der Waals surface area (Å²) in [6.07, 6.45) is 5.63. The van der Waals surface area contributed by atoms with Crippen molar-refractivity contribution in [3.05, 3.63) is 35.9 Å². The third-order valence-electron chi connectivity index (χ3n) is 3.12. The Hall–Kier alpha value is -1.31. The summed E-state index contributed by atoms with van der Waals surface area (Å²) in [5, 5.41) is 0. The van der Waals surface area contributed by atoms with Crippen LogP contribution in [0.3, 0.4) is 0 Å². The summed E-state index contributed by atoms with van der Waals surface area (Å²) in [5.74, 6) is -0.178. The van der Waals surface area contributed by atoms with E-state index in [9.17, 15) is 4.79 Å². The molecule has 2 nitrogen and oxygen atoms in total. The first-order chi connectivity index (χ1) is 8.79. The molecule has 1 unspecified atom stereocenters. The molecule has 2 heteroatoms. The van der Waals surface area contributed by atoms with Gasteiger partial charge in [-0.15, -0.1) is 0 Å². The highest BCUT2D eigenvalue weighted by Gasteiger charge is 2.20. The normalized spacial score (nSPS) is 12.1. The monoisotopic (exact) mass is 248 g/mol. The summed E-state index contributed by atoms with van der Waals surface area (Å²) in [6, 6.07) is 9.97. The first-order valence-corrected chi connectivity index (χ1v) is 7.01. The Bertz CT molecular complexity index is 332. The standard InChI is InChI=1S/C16H24O2/c1-3-5-6-10-13-15(16(17)18-4-2)14-11-8-7-9-12-14/h7-9,11-12,15H,3-6,10,13H2,1-2H3. The van der Waals surface area contributed by atoms with Crippen molar-refractivity contribution in [2.24, 2.45) is 0 Å². The van der Waals surface area contributed by atoms with Gasteiger partial charge in [0.25, 0.3) is 0 Å². The molecule has 0 aliphatic carbocycles. The van der Waals surface area contributed by atoms with E-state index < -0.39 is 0 Å². The maximum Gasteiger partial charge on any atom is 0.313 e. The fourth-order valence-electron chi connectivity index (χ4n) is 2.12. The summed E-state index contributed by atoms with van der Waals surface area (Å²) in [7, 11) is 0. The van der Waals surface area contributed by atoms with Gasteiger partial charge >= 0.3 is 5.97 Å². The minimum absolute atomic E-state index is 0.0831. The van der Waals surface area contributed by atoms with Crippen LogP contribution in [0.2, 0.25) is 0 Å². The average molecular weight is 248 g/mol. The zero-order chi connectivity index (χ0) is 13.2. The number of benzene rings is 1. The fourth-order valence-corrected chi connectivity index (χ4v) is 2.12. The number of unbranched alkanes of at least 4 members (excludes halogenated alkanes) is 3. The van der Waals surface area contributed by atoms with Crippen LogP contribution in [0.4, 0.5) is 0 Å². The van der Waals surface area contributed by atoms with Gasteiger partial charge in [0.05, 0.1) is 12.5 Å². The Morgan fingerprint density at radius 1 is 1.11 bits per heavy atom. The summed E-state index contributed by atoms with van der Waals surface area (Å²) >= 11 is 0. The lowest BCUT2D eigenvalue weighted by Crippen LogP contribution is -2.16. The van der Waals surface area contributed by atoms with Crippen molar-refractivity contribution in [3.63, 3.8) is 0 Å². The van der Waals surface area contributed by atoms with Gasteiger partial charge in [0.15, 0.2) is 0 Å². The first-order valence-electron chi connectivity index (χ1n) is 7.01. The van der Waals surface area contributed by atoms with E-state index in [2.05, 4.69) is 6.92 Å². The number of carbonyl (C=O) groups is 1. The van der Waals surface area contributed by atoms with Gasteiger partial charge in [0.2, 0.25) is 0 Å². The number of hydrogen-bond acceptors (Lipinski definition) is 2. The van der Waals surface area contributed by atoms with Crippen LogP contribution in [-0.2, 0) is 9.53 Å². The fraction of sp³-hybridized carbons (Fsp3) is 0.562. The predicted molar refractivity (Wildman–Crippen MR) is 74.6 cm³/mol. The van der Waals surface area contributed by atoms with E-state index in [1.54, 1.807) is 0 Å². The van der Waals surface area contributed by atoms with Crippen LogP contribution in [-0.4, -0.2) is 12.6 Å². The molecule has 18 heavy (non-hydrogen) atoms. The lowest BCUT2D eigenvalue weighted by Gasteiger charge is -2.15. The molecule has 0 aliphatic rings. The minimum atomic E-state index is -0.0944. The van der Waals surface area contributed by atoms with Gasteiger partial charge in [0, 0.05) is 0 Å². The second-order valence-electron chi connectivity index (χ2n) is 4.56. The number of rotatable bonds is 8. The Kier molecular flexibility index (Phi) is 7.16. The molecular weight excluding hydrogens is 224 g/mol. The predicted octanol–water partition coefficient (Wildman–Crippen LogP) is 4.30. The summed E-state index contributed by atoms with van der Waals surface area (Å²) < 4.78 is 5.18. The molecule has 1 aromatic carbocycles. The van der Waals surface area contributed by atoms with Crippen LogP contribution in [0.25, 0.3) is 0 Å². The number of hydrogen-bond donors (Lipinski definition) is 0. The minimum Gasteiger partial charge on any atom is -0.466 e. The van der Waals surface area contributed by atoms with E-state index in [4.69, 9.17) is 4.74 Å². The van der Waals surface area contributed by atoms with Gasteiger partial charge < -0.3 is 4.74 Å². The van der Waals surface area contributed by atoms with Crippen molar-refractivity contribution in [3.8, 4) is 0 Å². The molecule has 0 fully saturated rings. The molecule has 0 N–H and O–H groups in total. The van der Waals surface area contributed by atoms with Crippen molar-refractivity contribution in [2.75, 3.05) is 6.61 Å². The van der Waals surface area contributed by atoms with Gasteiger partial charge in [-0.25, -0.2) is 0 Å². The van der Waals surface area contributed by atoms with E-state index in [0.29, 0.717) is 6.61 Å². The molecule has 0 amide bonds. The third-order valence-corrected chi connectivity index (χ3v) is 3.12. The van der Waals surface area contributed by atoms with E-state index in [0.717, 1.165) is 18.4 Å². The molecule has 1 atom stereocenters. The van der Waals surface area contributed by atoms with Crippen LogP contribution >= 0.6 is 0 Å². The van der Waals surface area contributed by atoms with E-state index in [1.165, 1.54) is 19.3 Å². The highest BCUT2D eigenvalue weighted by molar-refractivity contribution is 5.78. The van der Waals surface area contributed by atoms with Crippen LogP contribution in [0.5, 0.6) is 0 Å². The molecule has 0 aliphatic heterocycles. The highest BCUT2D eigenvalue weighted by Crippen LogP contribution is 2.24. The zero-order valence-corrected chi connectivity index (χ0v) is 11.5. The molecule has 100 valence electrons. The van der Waals surface area contributed by atoms with Gasteiger partial charge in [-0.05, 0) is 18.9 Å². The topological polar surface area (TPSA) is 26.3 Å². The molecule has 0 heterocycles. The average Bonchev–Trinajstić information content (AvgIpc) is 2.40. The van der Waals surface area contributed by atoms with Crippen LogP contribution in [0.15, 0.2) is 30.3 Å². The van der Waals surface area contributed by atoms with Gasteiger partial charge in [0.1, 0.15) is 0 Å². The smallest absolute Gasteiger partial charge is 0.313 e. The molecule has 1 aromatic rings. The van der Waals surface area contributed by atoms with Gasteiger partial charge in [-0.2, -0.15) is 0 Å². The maximum atomic E-state index is 12.0. The molecule has 0 bridgehead atoms. The van der Waals surface area contributed by atoms with Crippen molar-refractivity contribution in [1.29, 1.82) is 0 Å². The largest absolute Gasteiger partial charge is 0.466 e. The molecule has 0 saturated carbocycles. The first kappa shape index (κ1) is 14.7. The van der Waals surface area contributed by atoms with Crippen LogP contribution < -0.4 is 0 Å². The molecular formula is C16H24O2. The lowest BCUT2D eigenvalue weighted by molar-refractivity contribution is -0.145. The third kappa shape index (κ3) is 4.91. The van der Waals surface area contributed by atoms with Crippen molar-refractivity contribution >= 4 is 5.97 Å². The van der Waals surface area contributed by atoms with E-state index >= 15 is 0 Å². The van der Waals surface area contributed by atoms with Crippen molar-refractivity contribution in [1.82, 2.24) is 0 Å². The highest BCUT2D eigenvalue weighted by atomic mass is 16.5. The quantitative estimate of drug-likeness (QED) is 0.506. The van der Waals surface area contributed by atoms with Crippen molar-refractivity contribution in [2.45, 2.75) is 51.9 Å². The Morgan fingerprint density at radius 2 is 1.83 bits per heavy atom. The van der Waals surface area contributed by atoms with Crippen LogP contribution in [0.1, 0.15) is 57.4 Å². The van der Waals surface area contributed by atoms with Crippen LogP contribution in [0, 0.1) is 0 Å². The molecule has 1 rings (SSSR count). The SMILES string of the molecule is CCCCCCC(C(=O)OCC)c1ccccc1. The number of esters is 1. The Morgan fingerprint density at radius 3 is 2.44 bits per heavy atom. The Labute approximate surface area is 110 Å². The lowest BCUT2D eigenvalue weighted by atomic mass is 9.93. The van der Waals surface area contributed by atoms with Crippen molar-refractivity contribution < 1.29 is 9.53 Å². The van der Waals surface area contributed by atoms with E-state index in [1.807, 2.05) is 37.3 Å². The molecule has 0 spiro atoms. The summed E-state index contributed by atoms with van der Waals surface area (Å²) in [5.41, 5.74) is 1.08. The summed E-state index contributed by atoms with van der Waals surface area (Å²) in [4.78, 5) is 12.0. The zero-order valence-electron chi connectivity index (χ0n) is 11.5. The maximum absolute atomic E-state index is 12.0. The second kappa shape index (κ2) is 8.73. The second-order valence-corrected chi connectivity index (χ2v) is 4.56.